The summed E-state index contributed by atoms with van der Waals surface area (Å²) in [5, 5.41) is 5.20. The van der Waals surface area contributed by atoms with Crippen LogP contribution in [-0.2, 0) is 9.53 Å². The van der Waals surface area contributed by atoms with E-state index in [-0.39, 0.29) is 18.2 Å². The Bertz CT molecular complexity index is 448. The fourth-order valence-electron chi connectivity index (χ4n) is 1.50. The highest BCUT2D eigenvalue weighted by Gasteiger charge is 2.11. The Hall–Kier alpha value is -1.34. The van der Waals surface area contributed by atoms with E-state index >= 15 is 0 Å². The number of carbonyl (C=O) groups is 2. The van der Waals surface area contributed by atoms with Gasteiger partial charge in [0.2, 0.25) is 5.91 Å². The molecule has 0 saturated heterocycles. The highest BCUT2D eigenvalue weighted by Crippen LogP contribution is 2.13. The lowest BCUT2D eigenvalue weighted by Gasteiger charge is -2.06. The molecule has 7 heteroatoms. The van der Waals surface area contributed by atoms with E-state index in [9.17, 15) is 9.59 Å². The van der Waals surface area contributed by atoms with E-state index in [1.54, 1.807) is 6.07 Å². The molecule has 0 fully saturated rings. The number of amides is 2. The van der Waals surface area contributed by atoms with E-state index < -0.39 is 5.91 Å². The van der Waals surface area contributed by atoms with Crippen LogP contribution >= 0.6 is 15.9 Å². The van der Waals surface area contributed by atoms with E-state index in [4.69, 9.17) is 9.15 Å². The molecule has 118 valence electrons. The van der Waals surface area contributed by atoms with Gasteiger partial charge >= 0.3 is 0 Å². The SMILES string of the molecule is CCCCOCCCNC(=O)CNC(=O)c1ccc(Br)o1. The van der Waals surface area contributed by atoms with Crippen LogP contribution in [0.5, 0.6) is 0 Å². The van der Waals surface area contributed by atoms with Gasteiger partial charge < -0.3 is 19.8 Å². The van der Waals surface area contributed by atoms with Crippen molar-refractivity contribution in [3.63, 3.8) is 0 Å². The molecule has 0 unspecified atom stereocenters. The first-order chi connectivity index (χ1) is 10.1. The lowest BCUT2D eigenvalue weighted by Crippen LogP contribution is -2.37. The van der Waals surface area contributed by atoms with Crippen molar-refractivity contribution in [2.45, 2.75) is 26.2 Å². The van der Waals surface area contributed by atoms with Gasteiger partial charge in [-0.2, -0.15) is 0 Å². The first kappa shape index (κ1) is 17.7. The molecule has 1 aromatic rings. The van der Waals surface area contributed by atoms with Gasteiger partial charge in [0.25, 0.3) is 5.91 Å². The van der Waals surface area contributed by atoms with Crippen LogP contribution in [0.15, 0.2) is 21.2 Å². The largest absolute Gasteiger partial charge is 0.444 e. The lowest BCUT2D eigenvalue weighted by molar-refractivity contribution is -0.120. The Morgan fingerprint density at radius 1 is 1.24 bits per heavy atom. The molecule has 0 atom stereocenters. The number of ether oxygens (including phenoxy) is 1. The molecular formula is C14H21BrN2O4. The summed E-state index contributed by atoms with van der Waals surface area (Å²) in [6.45, 7) is 3.96. The third-order valence-corrected chi connectivity index (χ3v) is 3.06. The zero-order valence-corrected chi connectivity index (χ0v) is 13.7. The zero-order chi connectivity index (χ0) is 15.5. The fraction of sp³-hybridized carbons (Fsp3) is 0.571. The summed E-state index contributed by atoms with van der Waals surface area (Å²) in [6.07, 6.45) is 2.93. The topological polar surface area (TPSA) is 80.6 Å². The third-order valence-electron chi connectivity index (χ3n) is 2.64. The van der Waals surface area contributed by atoms with Gasteiger partial charge in [-0.05, 0) is 40.9 Å². The Kier molecular flexibility index (Phi) is 8.77. The Labute approximate surface area is 132 Å². The fourth-order valence-corrected chi connectivity index (χ4v) is 1.80. The molecule has 0 aliphatic rings. The van der Waals surface area contributed by atoms with E-state index in [1.807, 2.05) is 0 Å². The van der Waals surface area contributed by atoms with Crippen molar-refractivity contribution in [3.8, 4) is 0 Å². The number of furan rings is 1. The van der Waals surface area contributed by atoms with Gasteiger partial charge in [-0.1, -0.05) is 13.3 Å². The third kappa shape index (κ3) is 7.87. The van der Waals surface area contributed by atoms with Crippen LogP contribution in [0.25, 0.3) is 0 Å². The molecule has 2 amide bonds. The quantitative estimate of drug-likeness (QED) is 0.626. The zero-order valence-electron chi connectivity index (χ0n) is 12.1. The van der Waals surface area contributed by atoms with Crippen molar-refractivity contribution in [1.29, 1.82) is 0 Å². The summed E-state index contributed by atoms with van der Waals surface area (Å²) in [6, 6.07) is 3.15. The summed E-state index contributed by atoms with van der Waals surface area (Å²) in [4.78, 5) is 23.1. The molecule has 1 aromatic heterocycles. The molecule has 0 radical (unpaired) electrons. The summed E-state index contributed by atoms with van der Waals surface area (Å²) in [7, 11) is 0. The van der Waals surface area contributed by atoms with Crippen LogP contribution < -0.4 is 10.6 Å². The average Bonchev–Trinajstić information content (AvgIpc) is 2.90. The van der Waals surface area contributed by atoms with E-state index in [0.29, 0.717) is 17.8 Å². The van der Waals surface area contributed by atoms with Gasteiger partial charge in [0.05, 0.1) is 6.54 Å². The van der Waals surface area contributed by atoms with Gasteiger partial charge in [0, 0.05) is 19.8 Å². The van der Waals surface area contributed by atoms with Crippen LogP contribution in [0.1, 0.15) is 36.7 Å². The van der Waals surface area contributed by atoms with Crippen molar-refractivity contribution >= 4 is 27.7 Å². The summed E-state index contributed by atoms with van der Waals surface area (Å²) < 4.78 is 10.9. The second kappa shape index (κ2) is 10.4. The molecule has 0 saturated carbocycles. The van der Waals surface area contributed by atoms with Gasteiger partial charge in [-0.15, -0.1) is 0 Å². The second-order valence-corrected chi connectivity index (χ2v) is 5.24. The van der Waals surface area contributed by atoms with Crippen molar-refractivity contribution in [1.82, 2.24) is 10.6 Å². The summed E-state index contributed by atoms with van der Waals surface area (Å²) >= 11 is 3.11. The maximum atomic E-state index is 11.6. The highest BCUT2D eigenvalue weighted by atomic mass is 79.9. The molecule has 0 aliphatic heterocycles. The first-order valence-corrected chi connectivity index (χ1v) is 7.80. The lowest BCUT2D eigenvalue weighted by atomic mass is 10.3. The second-order valence-electron chi connectivity index (χ2n) is 4.46. The van der Waals surface area contributed by atoms with Crippen LogP contribution in [-0.4, -0.2) is 38.1 Å². The van der Waals surface area contributed by atoms with Gasteiger partial charge in [-0.3, -0.25) is 9.59 Å². The number of nitrogens with one attached hydrogen (secondary N) is 2. The minimum atomic E-state index is -0.418. The number of carbonyl (C=O) groups excluding carboxylic acids is 2. The van der Waals surface area contributed by atoms with Gasteiger partial charge in [-0.25, -0.2) is 0 Å². The minimum Gasteiger partial charge on any atom is -0.444 e. The molecule has 2 N–H and O–H groups in total. The monoisotopic (exact) mass is 360 g/mol. The number of halogens is 1. The minimum absolute atomic E-state index is 0.0756. The molecule has 0 aliphatic carbocycles. The molecular weight excluding hydrogens is 340 g/mol. The van der Waals surface area contributed by atoms with Crippen molar-refractivity contribution in [2.75, 3.05) is 26.3 Å². The molecule has 0 aromatic carbocycles. The molecule has 0 bridgehead atoms. The number of hydrogen-bond donors (Lipinski definition) is 2. The average molecular weight is 361 g/mol. The number of hydrogen-bond acceptors (Lipinski definition) is 4. The molecule has 6 nitrogen and oxygen atoms in total. The molecule has 0 spiro atoms. The van der Waals surface area contributed by atoms with Crippen molar-refractivity contribution in [2.24, 2.45) is 0 Å². The predicted octanol–water partition coefficient (Wildman–Crippen LogP) is 2.09. The van der Waals surface area contributed by atoms with Crippen LogP contribution in [0, 0.1) is 0 Å². The number of unbranched alkanes of at least 4 members (excludes halogenated alkanes) is 1. The van der Waals surface area contributed by atoms with Crippen molar-refractivity contribution in [3.05, 3.63) is 22.6 Å². The Balaban J connectivity index is 2.05. The van der Waals surface area contributed by atoms with E-state index in [0.717, 1.165) is 25.9 Å². The maximum absolute atomic E-state index is 11.6. The summed E-state index contributed by atoms with van der Waals surface area (Å²) in [5.41, 5.74) is 0. The van der Waals surface area contributed by atoms with Gasteiger partial charge in [0.1, 0.15) is 0 Å². The predicted molar refractivity (Wildman–Crippen MR) is 82.1 cm³/mol. The molecule has 1 rings (SSSR count). The highest BCUT2D eigenvalue weighted by molar-refractivity contribution is 9.10. The maximum Gasteiger partial charge on any atom is 0.287 e. The Morgan fingerprint density at radius 2 is 2.00 bits per heavy atom. The van der Waals surface area contributed by atoms with Crippen LogP contribution in [0.3, 0.4) is 0 Å². The normalized spacial score (nSPS) is 10.4. The molecule has 1 heterocycles. The molecule has 21 heavy (non-hydrogen) atoms. The number of rotatable bonds is 10. The van der Waals surface area contributed by atoms with Crippen molar-refractivity contribution < 1.29 is 18.7 Å². The standard InChI is InChI=1S/C14H21BrN2O4/c1-2-3-8-20-9-4-7-16-13(18)10-17-14(19)11-5-6-12(15)21-11/h5-6H,2-4,7-10H2,1H3,(H,16,18)(H,17,19). The van der Waals surface area contributed by atoms with Crippen LogP contribution in [0.4, 0.5) is 0 Å². The first-order valence-electron chi connectivity index (χ1n) is 7.01. The Morgan fingerprint density at radius 3 is 2.67 bits per heavy atom. The summed E-state index contributed by atoms with van der Waals surface area (Å²) in [5.74, 6) is -0.486. The van der Waals surface area contributed by atoms with Crippen LogP contribution in [0.2, 0.25) is 0 Å². The van der Waals surface area contributed by atoms with E-state index in [1.165, 1.54) is 6.07 Å². The van der Waals surface area contributed by atoms with Gasteiger partial charge in [0.15, 0.2) is 10.4 Å². The van der Waals surface area contributed by atoms with E-state index in [2.05, 4.69) is 33.5 Å². The smallest absolute Gasteiger partial charge is 0.287 e.